The highest BCUT2D eigenvalue weighted by Crippen LogP contribution is 2.42. The molecule has 1 aromatic carbocycles. The predicted molar refractivity (Wildman–Crippen MR) is 86.9 cm³/mol. The van der Waals surface area contributed by atoms with Crippen molar-refractivity contribution >= 4 is 35.1 Å². The summed E-state index contributed by atoms with van der Waals surface area (Å²) in [6.07, 6.45) is 0. The lowest BCUT2D eigenvalue weighted by atomic mass is 10.1. The number of benzene rings is 1. The van der Waals surface area contributed by atoms with E-state index in [4.69, 9.17) is 0 Å². The van der Waals surface area contributed by atoms with Crippen molar-refractivity contribution in [3.63, 3.8) is 0 Å². The van der Waals surface area contributed by atoms with Gasteiger partial charge in [0.05, 0.1) is 5.69 Å². The molecule has 5 nitrogen and oxygen atoms in total. The topological polar surface area (TPSA) is 71.1 Å². The van der Waals surface area contributed by atoms with Crippen LogP contribution in [0.1, 0.15) is 12.6 Å². The molecule has 0 bridgehead atoms. The maximum absolute atomic E-state index is 12.6. The summed E-state index contributed by atoms with van der Waals surface area (Å²) in [7, 11) is 0. The van der Waals surface area contributed by atoms with E-state index in [-0.39, 0.29) is 11.8 Å². The second-order valence-electron chi connectivity index (χ2n) is 5.20. The number of carbonyl (C=O) groups excluding carboxylic acids is 2. The fraction of sp³-hybridized carbons (Fsp3) is 0.188. The summed E-state index contributed by atoms with van der Waals surface area (Å²) in [5, 5.41) is 5.51. The largest absolute Gasteiger partial charge is 0.323 e. The molecule has 0 spiro atoms. The summed E-state index contributed by atoms with van der Waals surface area (Å²) in [6.45, 7) is 3.46. The molecule has 1 aromatic heterocycles. The molecule has 0 radical (unpaired) electrons. The molecule has 1 atom stereocenters. The number of hydrogen-bond acceptors (Lipinski definition) is 4. The van der Waals surface area contributed by atoms with Crippen molar-refractivity contribution in [3.05, 3.63) is 48.2 Å². The lowest BCUT2D eigenvalue weighted by molar-refractivity contribution is -0.126. The molecule has 0 saturated carbocycles. The van der Waals surface area contributed by atoms with Crippen molar-refractivity contribution in [2.75, 3.05) is 10.6 Å². The lowest BCUT2D eigenvalue weighted by Gasteiger charge is -2.31. The Bertz CT molecular complexity index is 763. The SMILES string of the molecule is Cc1cccc(NC(=O)[C@]2(C)Sc3ccccc3NC2=O)n1. The molecule has 2 aromatic rings. The molecular weight excluding hydrogens is 298 g/mol. The van der Waals surface area contributed by atoms with Crippen molar-refractivity contribution in [2.24, 2.45) is 0 Å². The zero-order valence-corrected chi connectivity index (χ0v) is 13.0. The number of rotatable bonds is 2. The van der Waals surface area contributed by atoms with E-state index in [1.807, 2.05) is 43.3 Å². The van der Waals surface area contributed by atoms with E-state index in [1.165, 1.54) is 11.8 Å². The van der Waals surface area contributed by atoms with Crippen LogP contribution in [-0.4, -0.2) is 21.5 Å². The van der Waals surface area contributed by atoms with E-state index < -0.39 is 4.75 Å². The number of aryl methyl sites for hydroxylation is 1. The molecule has 0 aliphatic carbocycles. The number of amides is 2. The number of anilines is 2. The van der Waals surface area contributed by atoms with Gasteiger partial charge in [0, 0.05) is 10.6 Å². The standard InChI is InChI=1S/C16H15N3O2S/c1-10-6-5-9-13(17-10)19-15(21)16(2)14(20)18-11-7-3-4-8-12(11)22-16/h3-9H,1-2H3,(H,18,20)(H,17,19,21)/t16-/m1/s1. The van der Waals surface area contributed by atoms with Gasteiger partial charge in [-0.15, -0.1) is 0 Å². The summed E-state index contributed by atoms with van der Waals surface area (Å²) in [6, 6.07) is 12.8. The molecule has 2 N–H and O–H groups in total. The van der Waals surface area contributed by atoms with Crippen molar-refractivity contribution < 1.29 is 9.59 Å². The summed E-state index contributed by atoms with van der Waals surface area (Å²) < 4.78 is -1.24. The van der Waals surface area contributed by atoms with Crippen LogP contribution in [0.3, 0.4) is 0 Å². The van der Waals surface area contributed by atoms with Gasteiger partial charge in [0.15, 0.2) is 4.75 Å². The Morgan fingerprint density at radius 1 is 1.23 bits per heavy atom. The Morgan fingerprint density at radius 2 is 2.00 bits per heavy atom. The monoisotopic (exact) mass is 313 g/mol. The molecule has 22 heavy (non-hydrogen) atoms. The van der Waals surface area contributed by atoms with Gasteiger partial charge in [-0.1, -0.05) is 30.0 Å². The Morgan fingerprint density at radius 3 is 2.77 bits per heavy atom. The Kier molecular flexibility index (Phi) is 3.62. The van der Waals surface area contributed by atoms with Gasteiger partial charge in [0.25, 0.3) is 5.91 Å². The third-order valence-corrected chi connectivity index (χ3v) is 4.80. The molecule has 1 aliphatic rings. The van der Waals surface area contributed by atoms with E-state index in [9.17, 15) is 9.59 Å². The first-order chi connectivity index (χ1) is 10.5. The number of hydrogen-bond donors (Lipinski definition) is 2. The van der Waals surface area contributed by atoms with E-state index in [2.05, 4.69) is 15.6 Å². The molecular formula is C16H15N3O2S. The Balaban J connectivity index is 1.87. The van der Waals surface area contributed by atoms with Crippen LogP contribution in [0, 0.1) is 6.92 Å². The number of aromatic nitrogens is 1. The van der Waals surface area contributed by atoms with Crippen LogP contribution < -0.4 is 10.6 Å². The van der Waals surface area contributed by atoms with Crippen LogP contribution in [0.5, 0.6) is 0 Å². The summed E-state index contributed by atoms with van der Waals surface area (Å²) in [5.74, 6) is -0.276. The fourth-order valence-electron chi connectivity index (χ4n) is 2.16. The molecule has 6 heteroatoms. The molecule has 0 unspecified atom stereocenters. The number of pyridine rings is 1. The van der Waals surface area contributed by atoms with Crippen LogP contribution >= 0.6 is 11.8 Å². The summed E-state index contributed by atoms with van der Waals surface area (Å²) in [5.41, 5.74) is 1.53. The highest BCUT2D eigenvalue weighted by atomic mass is 32.2. The molecule has 2 amide bonds. The zero-order valence-electron chi connectivity index (χ0n) is 12.2. The first-order valence-corrected chi connectivity index (χ1v) is 7.65. The summed E-state index contributed by atoms with van der Waals surface area (Å²) in [4.78, 5) is 30.1. The van der Waals surface area contributed by atoms with Crippen LogP contribution in [0.25, 0.3) is 0 Å². The van der Waals surface area contributed by atoms with E-state index in [1.54, 1.807) is 13.0 Å². The molecule has 0 fully saturated rings. The molecule has 2 heterocycles. The average molecular weight is 313 g/mol. The maximum atomic E-state index is 12.6. The van der Waals surface area contributed by atoms with Crippen molar-refractivity contribution in [1.29, 1.82) is 0 Å². The van der Waals surface area contributed by atoms with Gasteiger partial charge < -0.3 is 10.6 Å². The second-order valence-corrected chi connectivity index (χ2v) is 6.66. The van der Waals surface area contributed by atoms with Gasteiger partial charge in [-0.05, 0) is 38.1 Å². The van der Waals surface area contributed by atoms with Gasteiger partial charge in [-0.25, -0.2) is 4.98 Å². The normalized spacial score (nSPS) is 20.0. The van der Waals surface area contributed by atoms with Crippen molar-refractivity contribution in [1.82, 2.24) is 4.98 Å². The van der Waals surface area contributed by atoms with Crippen LogP contribution in [-0.2, 0) is 9.59 Å². The van der Waals surface area contributed by atoms with Gasteiger partial charge in [0.2, 0.25) is 5.91 Å². The third-order valence-electron chi connectivity index (χ3n) is 3.45. The molecule has 3 rings (SSSR count). The molecule has 112 valence electrons. The molecule has 1 aliphatic heterocycles. The summed E-state index contributed by atoms with van der Waals surface area (Å²) >= 11 is 1.25. The smallest absolute Gasteiger partial charge is 0.251 e. The minimum absolute atomic E-state index is 0.332. The fourth-order valence-corrected chi connectivity index (χ4v) is 3.27. The molecule has 0 saturated heterocycles. The van der Waals surface area contributed by atoms with Crippen molar-refractivity contribution in [2.45, 2.75) is 23.5 Å². The Hall–Kier alpha value is -2.34. The number of nitrogens with one attached hydrogen (secondary N) is 2. The highest BCUT2D eigenvalue weighted by molar-refractivity contribution is 8.02. The van der Waals surface area contributed by atoms with E-state index in [0.29, 0.717) is 5.82 Å². The van der Waals surface area contributed by atoms with Crippen LogP contribution in [0.2, 0.25) is 0 Å². The van der Waals surface area contributed by atoms with Crippen LogP contribution in [0.15, 0.2) is 47.4 Å². The van der Waals surface area contributed by atoms with E-state index in [0.717, 1.165) is 16.3 Å². The van der Waals surface area contributed by atoms with Gasteiger partial charge in [-0.3, -0.25) is 9.59 Å². The first kappa shape index (κ1) is 14.6. The van der Waals surface area contributed by atoms with Gasteiger partial charge in [-0.2, -0.15) is 0 Å². The number of carbonyl (C=O) groups is 2. The van der Waals surface area contributed by atoms with Gasteiger partial charge >= 0.3 is 0 Å². The third kappa shape index (κ3) is 2.57. The van der Waals surface area contributed by atoms with Crippen molar-refractivity contribution in [3.8, 4) is 0 Å². The highest BCUT2D eigenvalue weighted by Gasteiger charge is 2.45. The van der Waals surface area contributed by atoms with E-state index >= 15 is 0 Å². The minimum Gasteiger partial charge on any atom is -0.323 e. The number of fused-ring (bicyclic) bond motifs is 1. The maximum Gasteiger partial charge on any atom is 0.251 e. The number of nitrogens with zero attached hydrogens (tertiary/aromatic N) is 1. The average Bonchev–Trinajstić information content (AvgIpc) is 2.48. The second kappa shape index (κ2) is 5.46. The quantitative estimate of drug-likeness (QED) is 0.836. The number of para-hydroxylation sites is 1. The Labute approximate surface area is 132 Å². The number of thioether (sulfide) groups is 1. The first-order valence-electron chi connectivity index (χ1n) is 6.84. The lowest BCUT2D eigenvalue weighted by Crippen LogP contribution is -2.49. The zero-order chi connectivity index (χ0) is 15.7. The minimum atomic E-state index is -1.24. The predicted octanol–water partition coefficient (Wildman–Crippen LogP) is 2.83. The van der Waals surface area contributed by atoms with Gasteiger partial charge in [0.1, 0.15) is 5.82 Å². The van der Waals surface area contributed by atoms with Crippen LogP contribution in [0.4, 0.5) is 11.5 Å².